The second kappa shape index (κ2) is 7.61. The van der Waals surface area contributed by atoms with Gasteiger partial charge in [-0.25, -0.2) is 4.98 Å². The van der Waals surface area contributed by atoms with Crippen molar-refractivity contribution in [2.75, 3.05) is 13.7 Å². The molecule has 1 unspecified atom stereocenters. The second-order valence-corrected chi connectivity index (χ2v) is 4.63. The Morgan fingerprint density at radius 1 is 1.19 bits per heavy atom. The van der Waals surface area contributed by atoms with Crippen molar-refractivity contribution in [1.29, 1.82) is 0 Å². The predicted octanol–water partition coefficient (Wildman–Crippen LogP) is 2.24. The average Bonchev–Trinajstić information content (AvgIpc) is 2.54. The number of ether oxygens (including phenoxy) is 2. The highest BCUT2D eigenvalue weighted by atomic mass is 16.5. The Balaban J connectivity index is 2.07. The number of nitrogens with zero attached hydrogens (tertiary/aromatic N) is 1. The van der Waals surface area contributed by atoms with Gasteiger partial charge in [0.2, 0.25) is 5.88 Å². The van der Waals surface area contributed by atoms with Crippen LogP contribution in [0.1, 0.15) is 24.1 Å². The zero-order chi connectivity index (χ0) is 15.1. The van der Waals surface area contributed by atoms with Gasteiger partial charge in [-0.15, -0.1) is 0 Å². The van der Waals surface area contributed by atoms with Crippen molar-refractivity contribution in [1.82, 2.24) is 10.4 Å². The zero-order valence-corrected chi connectivity index (χ0v) is 12.4. The summed E-state index contributed by atoms with van der Waals surface area (Å²) in [6.45, 7) is 2.63. The minimum Gasteiger partial charge on any atom is -0.494 e. The Morgan fingerprint density at radius 2 is 1.95 bits per heavy atom. The molecule has 5 nitrogen and oxygen atoms in total. The Morgan fingerprint density at radius 3 is 2.48 bits per heavy atom. The monoisotopic (exact) mass is 287 g/mol. The minimum absolute atomic E-state index is 0.0240. The molecule has 2 rings (SSSR count). The Bertz CT molecular complexity index is 540. The molecule has 3 N–H and O–H groups in total. The first-order valence-electron chi connectivity index (χ1n) is 6.94. The number of hydrogen-bond acceptors (Lipinski definition) is 5. The van der Waals surface area contributed by atoms with Crippen molar-refractivity contribution in [3.05, 3.63) is 53.7 Å². The SMILES string of the molecule is CCOc1ccc(C(Cc2ccc(OC)nc2)NN)cc1. The van der Waals surface area contributed by atoms with E-state index in [0.29, 0.717) is 12.5 Å². The lowest BCUT2D eigenvalue weighted by atomic mass is 10.0. The highest BCUT2D eigenvalue weighted by Gasteiger charge is 2.11. The van der Waals surface area contributed by atoms with E-state index < -0.39 is 0 Å². The number of benzene rings is 1. The lowest BCUT2D eigenvalue weighted by molar-refractivity contribution is 0.340. The maximum absolute atomic E-state index is 5.68. The van der Waals surface area contributed by atoms with Gasteiger partial charge in [-0.05, 0) is 36.6 Å². The Hall–Kier alpha value is -2.11. The second-order valence-electron chi connectivity index (χ2n) is 4.63. The Kier molecular flexibility index (Phi) is 5.54. The molecule has 0 radical (unpaired) electrons. The first-order chi connectivity index (χ1) is 10.3. The number of pyridine rings is 1. The number of aromatic nitrogens is 1. The molecule has 2 aromatic rings. The van der Waals surface area contributed by atoms with Crippen LogP contribution in [0.2, 0.25) is 0 Å². The summed E-state index contributed by atoms with van der Waals surface area (Å²) in [5.74, 6) is 7.15. The standard InChI is InChI=1S/C16H21N3O2/c1-3-21-14-7-5-13(6-8-14)15(19-17)10-12-4-9-16(20-2)18-11-12/h4-9,11,15,19H,3,10,17H2,1-2H3. The van der Waals surface area contributed by atoms with Gasteiger partial charge >= 0.3 is 0 Å². The van der Waals surface area contributed by atoms with Crippen molar-refractivity contribution in [2.24, 2.45) is 5.84 Å². The van der Waals surface area contributed by atoms with E-state index in [1.165, 1.54) is 0 Å². The van der Waals surface area contributed by atoms with Gasteiger partial charge in [-0.1, -0.05) is 18.2 Å². The van der Waals surface area contributed by atoms with Gasteiger partial charge in [0.05, 0.1) is 19.8 Å². The molecule has 0 aliphatic carbocycles. The van der Waals surface area contributed by atoms with Crippen LogP contribution in [0.15, 0.2) is 42.6 Å². The summed E-state index contributed by atoms with van der Waals surface area (Å²) < 4.78 is 10.5. The molecule has 1 atom stereocenters. The lowest BCUT2D eigenvalue weighted by Crippen LogP contribution is -2.29. The molecule has 1 aromatic heterocycles. The molecular formula is C16H21N3O2. The van der Waals surface area contributed by atoms with Crippen LogP contribution in [-0.2, 0) is 6.42 Å². The summed E-state index contributed by atoms with van der Waals surface area (Å²) in [5, 5.41) is 0. The molecule has 0 saturated carbocycles. The lowest BCUT2D eigenvalue weighted by Gasteiger charge is -2.17. The van der Waals surface area contributed by atoms with Crippen LogP contribution in [0.3, 0.4) is 0 Å². The van der Waals surface area contributed by atoms with E-state index in [1.807, 2.05) is 43.3 Å². The summed E-state index contributed by atoms with van der Waals surface area (Å²) in [7, 11) is 1.60. The van der Waals surface area contributed by atoms with Gasteiger partial charge < -0.3 is 9.47 Å². The first-order valence-corrected chi connectivity index (χ1v) is 6.94. The van der Waals surface area contributed by atoms with E-state index in [1.54, 1.807) is 13.3 Å². The first kappa shape index (κ1) is 15.3. The van der Waals surface area contributed by atoms with Gasteiger partial charge in [-0.2, -0.15) is 0 Å². The van der Waals surface area contributed by atoms with Gasteiger partial charge in [0, 0.05) is 12.3 Å². The highest BCUT2D eigenvalue weighted by molar-refractivity contribution is 5.30. The van der Waals surface area contributed by atoms with E-state index in [4.69, 9.17) is 15.3 Å². The summed E-state index contributed by atoms with van der Waals surface area (Å²) in [5.41, 5.74) is 5.05. The van der Waals surface area contributed by atoms with Crippen molar-refractivity contribution < 1.29 is 9.47 Å². The van der Waals surface area contributed by atoms with Crippen LogP contribution in [0, 0.1) is 0 Å². The van der Waals surface area contributed by atoms with E-state index in [2.05, 4.69) is 10.4 Å². The summed E-state index contributed by atoms with van der Waals surface area (Å²) in [4.78, 5) is 4.21. The van der Waals surface area contributed by atoms with Crippen LogP contribution >= 0.6 is 0 Å². The molecule has 0 amide bonds. The number of hydrogen-bond donors (Lipinski definition) is 2. The van der Waals surface area contributed by atoms with E-state index in [-0.39, 0.29) is 6.04 Å². The zero-order valence-electron chi connectivity index (χ0n) is 12.4. The van der Waals surface area contributed by atoms with Gasteiger partial charge in [0.25, 0.3) is 0 Å². The molecule has 112 valence electrons. The van der Waals surface area contributed by atoms with Crippen molar-refractivity contribution in [2.45, 2.75) is 19.4 Å². The maximum atomic E-state index is 5.68. The van der Waals surface area contributed by atoms with Crippen LogP contribution < -0.4 is 20.7 Å². The molecule has 5 heteroatoms. The third kappa shape index (κ3) is 4.18. The third-order valence-corrected chi connectivity index (χ3v) is 3.24. The molecule has 21 heavy (non-hydrogen) atoms. The van der Waals surface area contributed by atoms with Crippen molar-refractivity contribution in [3.8, 4) is 11.6 Å². The topological polar surface area (TPSA) is 69.4 Å². The van der Waals surface area contributed by atoms with E-state index in [9.17, 15) is 0 Å². The summed E-state index contributed by atoms with van der Waals surface area (Å²) in [6, 6.07) is 11.8. The average molecular weight is 287 g/mol. The molecular weight excluding hydrogens is 266 g/mol. The molecule has 0 aliphatic heterocycles. The van der Waals surface area contributed by atoms with Crippen LogP contribution in [0.4, 0.5) is 0 Å². The fourth-order valence-electron chi connectivity index (χ4n) is 2.12. The third-order valence-electron chi connectivity index (χ3n) is 3.24. The number of nitrogens with two attached hydrogens (primary N) is 1. The van der Waals surface area contributed by atoms with Crippen molar-refractivity contribution in [3.63, 3.8) is 0 Å². The predicted molar refractivity (Wildman–Crippen MR) is 82.2 cm³/mol. The van der Waals surface area contributed by atoms with Crippen molar-refractivity contribution >= 4 is 0 Å². The smallest absolute Gasteiger partial charge is 0.212 e. The normalized spacial score (nSPS) is 12.0. The molecule has 1 heterocycles. The molecule has 1 aromatic carbocycles. The largest absolute Gasteiger partial charge is 0.494 e. The van der Waals surface area contributed by atoms with Gasteiger partial charge in [-0.3, -0.25) is 11.3 Å². The number of hydrazine groups is 1. The fourth-order valence-corrected chi connectivity index (χ4v) is 2.12. The number of nitrogens with one attached hydrogen (secondary N) is 1. The van der Waals surface area contributed by atoms with E-state index in [0.717, 1.165) is 23.3 Å². The number of methoxy groups -OCH3 is 1. The highest BCUT2D eigenvalue weighted by Crippen LogP contribution is 2.21. The van der Waals surface area contributed by atoms with Crippen LogP contribution in [-0.4, -0.2) is 18.7 Å². The number of rotatable bonds is 7. The van der Waals surface area contributed by atoms with Gasteiger partial charge in [0.15, 0.2) is 0 Å². The molecule has 0 bridgehead atoms. The quantitative estimate of drug-likeness (QED) is 0.604. The molecule has 0 spiro atoms. The van der Waals surface area contributed by atoms with Gasteiger partial charge in [0.1, 0.15) is 5.75 Å². The molecule has 0 saturated heterocycles. The van der Waals surface area contributed by atoms with E-state index >= 15 is 0 Å². The maximum Gasteiger partial charge on any atom is 0.212 e. The fraction of sp³-hybridized carbons (Fsp3) is 0.312. The summed E-state index contributed by atoms with van der Waals surface area (Å²) in [6.07, 6.45) is 2.55. The van der Waals surface area contributed by atoms with Crippen LogP contribution in [0.5, 0.6) is 11.6 Å². The molecule has 0 fully saturated rings. The Labute approximate surface area is 125 Å². The van der Waals surface area contributed by atoms with Crippen LogP contribution in [0.25, 0.3) is 0 Å². The summed E-state index contributed by atoms with van der Waals surface area (Å²) >= 11 is 0. The molecule has 0 aliphatic rings. The minimum atomic E-state index is 0.0240.